The van der Waals surface area contributed by atoms with Gasteiger partial charge in [0.25, 0.3) is 0 Å². The molecular weight excluding hydrogens is 317 g/mol. The maximum Gasteiger partial charge on any atom is 0.637 e. The molecule has 24 heavy (non-hydrogen) atoms. The van der Waals surface area contributed by atoms with E-state index in [1.165, 1.54) is 6.33 Å². The molecule has 4 rings (SSSR count). The molecule has 0 radical (unpaired) electrons. The SMILES string of the molecule is C=CCNc1ncnc2c1ncn2[C@@H]1O[C@H](CO)[C@H]2OB(O)O[C@H]21. The van der Waals surface area contributed by atoms with Crippen molar-refractivity contribution in [3.63, 3.8) is 0 Å². The largest absolute Gasteiger partial charge is 0.637 e. The highest BCUT2D eigenvalue weighted by atomic mass is 16.8. The zero-order valence-electron chi connectivity index (χ0n) is 12.6. The number of nitrogens with zero attached hydrogens (tertiary/aromatic N) is 4. The standard InChI is InChI=1S/C13H16BN5O5/c1-2-3-15-11-8-12(17-5-16-11)19(6-18-8)13-10-9(7(4-20)22-13)23-14(21)24-10/h2,5-7,9-10,13,20-21H,1,3-4H2,(H,15,16,17)/t7-,9-,10-,13-/m1/s1. The van der Waals surface area contributed by atoms with E-state index in [1.54, 1.807) is 17.0 Å². The number of ether oxygens (including phenoxy) is 1. The number of hydrogen-bond donors (Lipinski definition) is 3. The second kappa shape index (κ2) is 6.11. The third kappa shape index (κ3) is 2.37. The summed E-state index contributed by atoms with van der Waals surface area (Å²) in [5.41, 5.74) is 1.12. The molecule has 3 N–H and O–H groups in total. The Balaban J connectivity index is 1.70. The minimum Gasteiger partial charge on any atom is -0.402 e. The van der Waals surface area contributed by atoms with Gasteiger partial charge in [-0.15, -0.1) is 6.58 Å². The van der Waals surface area contributed by atoms with Crippen molar-refractivity contribution in [2.45, 2.75) is 24.5 Å². The monoisotopic (exact) mass is 333 g/mol. The fourth-order valence-electron chi connectivity index (χ4n) is 3.03. The lowest BCUT2D eigenvalue weighted by Gasteiger charge is -2.18. The van der Waals surface area contributed by atoms with Crippen LogP contribution in [0, 0.1) is 0 Å². The average Bonchev–Trinajstić information content (AvgIpc) is 3.25. The normalized spacial score (nSPS) is 29.2. The molecule has 2 aliphatic heterocycles. The van der Waals surface area contributed by atoms with E-state index in [1.807, 2.05) is 0 Å². The van der Waals surface area contributed by atoms with E-state index in [2.05, 4.69) is 26.8 Å². The van der Waals surface area contributed by atoms with Crippen molar-refractivity contribution in [1.82, 2.24) is 19.5 Å². The van der Waals surface area contributed by atoms with Gasteiger partial charge in [0, 0.05) is 6.54 Å². The molecule has 0 aromatic carbocycles. The van der Waals surface area contributed by atoms with Crippen molar-refractivity contribution < 1.29 is 24.2 Å². The molecule has 0 bridgehead atoms. The third-order valence-corrected chi connectivity index (χ3v) is 4.06. The van der Waals surface area contributed by atoms with Gasteiger partial charge in [-0.25, -0.2) is 15.0 Å². The van der Waals surface area contributed by atoms with Crippen LogP contribution in [0.2, 0.25) is 0 Å². The smallest absolute Gasteiger partial charge is 0.402 e. The summed E-state index contributed by atoms with van der Waals surface area (Å²) in [6.45, 7) is 3.95. The summed E-state index contributed by atoms with van der Waals surface area (Å²) in [5.74, 6) is 0.579. The molecule has 4 heterocycles. The topological polar surface area (TPSA) is 124 Å². The Bertz CT molecular complexity index is 757. The van der Waals surface area contributed by atoms with E-state index >= 15 is 0 Å². The molecule has 2 aromatic rings. The Morgan fingerprint density at radius 2 is 2.17 bits per heavy atom. The summed E-state index contributed by atoms with van der Waals surface area (Å²) in [5, 5.41) is 22.1. The van der Waals surface area contributed by atoms with E-state index in [0.29, 0.717) is 23.5 Å². The van der Waals surface area contributed by atoms with Gasteiger partial charge in [0.05, 0.1) is 12.9 Å². The van der Waals surface area contributed by atoms with Gasteiger partial charge in [-0.3, -0.25) is 4.57 Å². The molecule has 11 heteroatoms. The van der Waals surface area contributed by atoms with Crippen LogP contribution in [0.25, 0.3) is 11.2 Å². The van der Waals surface area contributed by atoms with E-state index in [4.69, 9.17) is 14.0 Å². The van der Waals surface area contributed by atoms with Crippen LogP contribution in [0.15, 0.2) is 25.3 Å². The summed E-state index contributed by atoms with van der Waals surface area (Å²) in [6, 6.07) is 0. The zero-order valence-corrected chi connectivity index (χ0v) is 12.6. The maximum absolute atomic E-state index is 9.57. The lowest BCUT2D eigenvalue weighted by Crippen LogP contribution is -2.31. The number of rotatable bonds is 5. The molecule has 126 valence electrons. The summed E-state index contributed by atoms with van der Waals surface area (Å²) in [6.07, 6.45) is 2.33. The fraction of sp³-hybridized carbons (Fsp3) is 0.462. The maximum atomic E-state index is 9.57. The first kappa shape index (κ1) is 15.5. The van der Waals surface area contributed by atoms with E-state index in [-0.39, 0.29) is 6.61 Å². The third-order valence-electron chi connectivity index (χ3n) is 4.06. The number of anilines is 1. The highest BCUT2D eigenvalue weighted by Gasteiger charge is 2.55. The molecule has 0 unspecified atom stereocenters. The second-order valence-electron chi connectivity index (χ2n) is 5.47. The van der Waals surface area contributed by atoms with Gasteiger partial charge in [-0.05, 0) is 0 Å². The van der Waals surface area contributed by atoms with E-state index in [9.17, 15) is 10.1 Å². The predicted molar refractivity (Wildman–Crippen MR) is 82.7 cm³/mol. The highest BCUT2D eigenvalue weighted by molar-refractivity contribution is 6.35. The van der Waals surface area contributed by atoms with Crippen molar-refractivity contribution in [1.29, 1.82) is 0 Å². The van der Waals surface area contributed by atoms with Crippen molar-refractivity contribution in [2.24, 2.45) is 0 Å². The highest BCUT2D eigenvalue weighted by Crippen LogP contribution is 2.39. The van der Waals surface area contributed by atoms with Crippen LogP contribution in [-0.2, 0) is 14.0 Å². The summed E-state index contributed by atoms with van der Waals surface area (Å²) in [4.78, 5) is 12.8. The molecule has 2 saturated heterocycles. The second-order valence-corrected chi connectivity index (χ2v) is 5.47. The van der Waals surface area contributed by atoms with Crippen LogP contribution in [0.3, 0.4) is 0 Å². The number of aliphatic hydroxyl groups is 1. The van der Waals surface area contributed by atoms with Crippen LogP contribution < -0.4 is 5.32 Å². The molecule has 0 saturated carbocycles. The molecule has 4 atom stereocenters. The van der Waals surface area contributed by atoms with Gasteiger partial charge in [0.1, 0.15) is 24.6 Å². The molecular formula is C13H16BN5O5. The van der Waals surface area contributed by atoms with E-state index in [0.717, 1.165) is 0 Å². The minimum absolute atomic E-state index is 0.249. The van der Waals surface area contributed by atoms with Gasteiger partial charge in [0.15, 0.2) is 23.2 Å². The van der Waals surface area contributed by atoms with Crippen LogP contribution in [0.4, 0.5) is 5.82 Å². The zero-order chi connectivity index (χ0) is 16.7. The van der Waals surface area contributed by atoms with Crippen molar-refractivity contribution in [3.05, 3.63) is 25.3 Å². The first-order chi connectivity index (χ1) is 11.7. The number of hydrogen-bond acceptors (Lipinski definition) is 9. The predicted octanol–water partition coefficient (Wildman–Crippen LogP) is -0.925. The fourth-order valence-corrected chi connectivity index (χ4v) is 3.03. The van der Waals surface area contributed by atoms with Gasteiger partial charge < -0.3 is 29.5 Å². The van der Waals surface area contributed by atoms with Gasteiger partial charge in [-0.1, -0.05) is 6.08 Å². The Kier molecular flexibility index (Phi) is 3.94. The van der Waals surface area contributed by atoms with Crippen molar-refractivity contribution in [2.75, 3.05) is 18.5 Å². The average molecular weight is 333 g/mol. The molecule has 10 nitrogen and oxygen atoms in total. The van der Waals surface area contributed by atoms with Crippen molar-refractivity contribution >= 4 is 24.3 Å². The van der Waals surface area contributed by atoms with Crippen molar-refractivity contribution in [3.8, 4) is 0 Å². The number of nitrogens with one attached hydrogen (secondary N) is 1. The quantitative estimate of drug-likeness (QED) is 0.470. The van der Waals surface area contributed by atoms with E-state index < -0.39 is 31.9 Å². The Hall–Kier alpha value is -2.05. The number of aromatic nitrogens is 4. The number of fused-ring (bicyclic) bond motifs is 2. The summed E-state index contributed by atoms with van der Waals surface area (Å²) in [7, 11) is -1.34. The Labute approximate surface area is 137 Å². The lowest BCUT2D eigenvalue weighted by molar-refractivity contribution is -0.0624. The Morgan fingerprint density at radius 1 is 1.33 bits per heavy atom. The summed E-state index contributed by atoms with van der Waals surface area (Å²) >= 11 is 0. The molecule has 2 aromatic heterocycles. The van der Waals surface area contributed by atoms with Crippen LogP contribution in [-0.4, -0.2) is 68.4 Å². The van der Waals surface area contributed by atoms with Crippen LogP contribution in [0.5, 0.6) is 0 Å². The minimum atomic E-state index is -1.34. The molecule has 0 aliphatic carbocycles. The van der Waals surface area contributed by atoms with Gasteiger partial charge in [0.2, 0.25) is 0 Å². The molecule has 0 spiro atoms. The Morgan fingerprint density at radius 3 is 2.96 bits per heavy atom. The van der Waals surface area contributed by atoms with Gasteiger partial charge >= 0.3 is 7.32 Å². The summed E-state index contributed by atoms with van der Waals surface area (Å²) < 4.78 is 18.1. The molecule has 0 amide bonds. The molecule has 2 aliphatic rings. The lowest BCUT2D eigenvalue weighted by atomic mass is 10.1. The first-order valence-electron chi connectivity index (χ1n) is 7.50. The first-order valence-corrected chi connectivity index (χ1v) is 7.50. The van der Waals surface area contributed by atoms with Crippen LogP contribution in [0.1, 0.15) is 6.23 Å². The van der Waals surface area contributed by atoms with Crippen LogP contribution >= 0.6 is 0 Å². The number of imidazole rings is 1. The van der Waals surface area contributed by atoms with Gasteiger partial charge in [-0.2, -0.15) is 0 Å². The molecule has 2 fully saturated rings. The number of aliphatic hydroxyl groups excluding tert-OH is 1.